The second-order valence-corrected chi connectivity index (χ2v) is 5.57. The van der Waals surface area contributed by atoms with Crippen LogP contribution in [0.1, 0.15) is 41.5 Å². The summed E-state index contributed by atoms with van der Waals surface area (Å²) in [6, 6.07) is 4.65. The predicted molar refractivity (Wildman–Crippen MR) is 85.4 cm³/mol. The van der Waals surface area contributed by atoms with Crippen molar-refractivity contribution in [2.24, 2.45) is 5.92 Å². The zero-order chi connectivity index (χ0) is 17.4. The molecule has 6 nitrogen and oxygen atoms in total. The first-order valence-electron chi connectivity index (χ1n) is 7.70. The van der Waals surface area contributed by atoms with Crippen LogP contribution in [-0.4, -0.2) is 24.1 Å². The van der Waals surface area contributed by atoms with Crippen molar-refractivity contribution in [2.45, 2.75) is 20.8 Å². The van der Waals surface area contributed by atoms with Gasteiger partial charge >= 0.3 is 5.97 Å². The molecule has 1 aromatic rings. The molecule has 24 heavy (non-hydrogen) atoms. The molecule has 1 aliphatic carbocycles. The first-order valence-corrected chi connectivity index (χ1v) is 7.70. The number of ether oxygens (including phenoxy) is 2. The molecule has 1 aromatic carbocycles. The fourth-order valence-electron chi connectivity index (χ4n) is 3.00. The maximum absolute atomic E-state index is 13.0. The number of ketones is 2. The summed E-state index contributed by atoms with van der Waals surface area (Å²) in [5, 5.41) is 2.88. The number of benzene rings is 1. The molecule has 1 N–H and O–H groups in total. The molecule has 0 fully saturated rings. The Hall–Kier alpha value is -2.89. The highest BCUT2D eigenvalue weighted by Gasteiger charge is 2.40. The Morgan fingerprint density at radius 1 is 1.25 bits per heavy atom. The van der Waals surface area contributed by atoms with Crippen LogP contribution in [0.25, 0.3) is 0 Å². The van der Waals surface area contributed by atoms with E-state index in [1.54, 1.807) is 18.3 Å². The molecule has 6 heteroatoms. The van der Waals surface area contributed by atoms with Crippen LogP contribution in [0.5, 0.6) is 5.75 Å². The molecule has 0 amide bonds. The summed E-state index contributed by atoms with van der Waals surface area (Å²) >= 11 is 0. The van der Waals surface area contributed by atoms with Crippen LogP contribution in [0.3, 0.4) is 0 Å². The number of carbonyl (C=O) groups excluding carboxylic acids is 3. The highest BCUT2D eigenvalue weighted by Crippen LogP contribution is 2.38. The summed E-state index contributed by atoms with van der Waals surface area (Å²) < 4.78 is 10.6. The number of hydrogen-bond acceptors (Lipinski definition) is 6. The van der Waals surface area contributed by atoms with Crippen molar-refractivity contribution in [3.63, 3.8) is 0 Å². The van der Waals surface area contributed by atoms with Gasteiger partial charge in [0.15, 0.2) is 5.78 Å². The molecule has 0 saturated carbocycles. The molecule has 0 bridgehead atoms. The molecule has 124 valence electrons. The highest BCUT2D eigenvalue weighted by atomic mass is 16.5. The molecule has 1 heterocycles. The minimum Gasteiger partial charge on any atom is -0.496 e. The van der Waals surface area contributed by atoms with Gasteiger partial charge in [0.05, 0.1) is 17.9 Å². The van der Waals surface area contributed by atoms with E-state index >= 15 is 0 Å². The Kier molecular flexibility index (Phi) is 3.97. The first kappa shape index (κ1) is 16.0. The molecule has 3 rings (SSSR count). The minimum absolute atomic E-state index is 0.101. The van der Waals surface area contributed by atoms with Gasteiger partial charge in [0.1, 0.15) is 11.5 Å². The van der Waals surface area contributed by atoms with E-state index < -0.39 is 5.97 Å². The van der Waals surface area contributed by atoms with E-state index in [9.17, 15) is 14.4 Å². The van der Waals surface area contributed by atoms with Gasteiger partial charge in [-0.15, -0.1) is 0 Å². The van der Waals surface area contributed by atoms with Crippen molar-refractivity contribution < 1.29 is 23.9 Å². The minimum atomic E-state index is -0.548. The number of Topliss-reactive ketones (excluding diaryl/α,β-unsaturated/α-hetero) is 2. The van der Waals surface area contributed by atoms with E-state index in [-0.39, 0.29) is 40.1 Å². The van der Waals surface area contributed by atoms with Crippen LogP contribution >= 0.6 is 0 Å². The molecule has 0 saturated heterocycles. The number of allylic oxidation sites excluding steroid dienone is 2. The lowest BCUT2D eigenvalue weighted by atomic mass is 9.79. The monoisotopic (exact) mass is 327 g/mol. The van der Waals surface area contributed by atoms with Gasteiger partial charge in [-0.25, -0.2) is 0 Å². The van der Waals surface area contributed by atoms with Gasteiger partial charge in [-0.3, -0.25) is 14.4 Å². The predicted octanol–water partition coefficient (Wildman–Crippen LogP) is 2.36. The summed E-state index contributed by atoms with van der Waals surface area (Å²) in [5.74, 6) is -0.853. The standard InChI is InChI=1S/C18H17NO5/c1-4-23-13-8-19-16-14(9(13)2)18(22)15-11(17(16)21)6-5-7-12(15)24-10(3)20/h5-9,19H,4H2,1-3H3. The number of esters is 1. The second kappa shape index (κ2) is 5.96. The van der Waals surface area contributed by atoms with Gasteiger partial charge in [0.2, 0.25) is 5.78 Å². The van der Waals surface area contributed by atoms with Crippen LogP contribution in [0.4, 0.5) is 0 Å². The Morgan fingerprint density at radius 2 is 2.00 bits per heavy atom. The van der Waals surface area contributed by atoms with Crippen LogP contribution in [-0.2, 0) is 9.53 Å². The van der Waals surface area contributed by atoms with Crippen molar-refractivity contribution in [3.8, 4) is 5.75 Å². The molecular weight excluding hydrogens is 310 g/mol. The SMILES string of the molecule is CCOC1=CNC2=C(C(=O)c3c(OC(C)=O)cccc3C2=O)C1C. The van der Waals surface area contributed by atoms with E-state index in [0.717, 1.165) is 0 Å². The Bertz CT molecular complexity index is 819. The summed E-state index contributed by atoms with van der Waals surface area (Å²) in [7, 11) is 0. The van der Waals surface area contributed by atoms with E-state index in [1.165, 1.54) is 13.0 Å². The molecule has 1 atom stereocenters. The largest absolute Gasteiger partial charge is 0.496 e. The van der Waals surface area contributed by atoms with Gasteiger partial charge in [-0.1, -0.05) is 13.0 Å². The van der Waals surface area contributed by atoms with Gasteiger partial charge in [0.25, 0.3) is 0 Å². The molecular formula is C18H17NO5. The average Bonchev–Trinajstić information content (AvgIpc) is 2.54. The number of carbonyl (C=O) groups is 3. The second-order valence-electron chi connectivity index (χ2n) is 5.57. The third-order valence-electron chi connectivity index (χ3n) is 4.02. The van der Waals surface area contributed by atoms with Crippen LogP contribution in [0, 0.1) is 5.92 Å². The summed E-state index contributed by atoms with van der Waals surface area (Å²) in [6.07, 6.45) is 1.61. The van der Waals surface area contributed by atoms with Gasteiger partial charge < -0.3 is 14.8 Å². The lowest BCUT2D eigenvalue weighted by molar-refractivity contribution is -0.131. The quantitative estimate of drug-likeness (QED) is 0.678. The normalized spacial score (nSPS) is 19.1. The van der Waals surface area contributed by atoms with Crippen molar-refractivity contribution >= 4 is 17.5 Å². The van der Waals surface area contributed by atoms with Gasteiger partial charge in [0, 0.05) is 30.2 Å². The summed E-state index contributed by atoms with van der Waals surface area (Å²) in [6.45, 7) is 5.36. The summed E-state index contributed by atoms with van der Waals surface area (Å²) in [4.78, 5) is 37.1. The molecule has 1 unspecified atom stereocenters. The van der Waals surface area contributed by atoms with Gasteiger partial charge in [-0.05, 0) is 19.1 Å². The Labute approximate surface area is 139 Å². The fraction of sp³-hybridized carbons (Fsp3) is 0.278. The van der Waals surface area contributed by atoms with Crippen LogP contribution in [0.15, 0.2) is 41.4 Å². The third kappa shape index (κ3) is 2.40. The van der Waals surface area contributed by atoms with Crippen molar-refractivity contribution in [1.29, 1.82) is 0 Å². The van der Waals surface area contributed by atoms with E-state index in [1.807, 2.05) is 13.8 Å². The number of hydrogen-bond donors (Lipinski definition) is 1. The third-order valence-corrected chi connectivity index (χ3v) is 4.02. The number of nitrogens with one attached hydrogen (secondary N) is 1. The Balaban J connectivity index is 2.11. The smallest absolute Gasteiger partial charge is 0.308 e. The van der Waals surface area contributed by atoms with E-state index in [2.05, 4.69) is 5.32 Å². The molecule has 0 radical (unpaired) electrons. The van der Waals surface area contributed by atoms with Crippen LogP contribution < -0.4 is 10.1 Å². The molecule has 1 aliphatic heterocycles. The zero-order valence-corrected chi connectivity index (χ0v) is 13.6. The topological polar surface area (TPSA) is 81.7 Å². The summed E-state index contributed by atoms with van der Waals surface area (Å²) in [5.41, 5.74) is 0.940. The molecule has 2 aliphatic rings. The lowest BCUT2D eigenvalue weighted by Crippen LogP contribution is -2.35. The van der Waals surface area contributed by atoms with Crippen molar-refractivity contribution in [2.75, 3.05) is 6.61 Å². The number of rotatable bonds is 3. The molecule has 0 spiro atoms. The van der Waals surface area contributed by atoms with Crippen molar-refractivity contribution in [1.82, 2.24) is 5.32 Å². The fourth-order valence-corrected chi connectivity index (χ4v) is 3.00. The van der Waals surface area contributed by atoms with Crippen molar-refractivity contribution in [3.05, 3.63) is 52.6 Å². The van der Waals surface area contributed by atoms with Crippen LogP contribution in [0.2, 0.25) is 0 Å². The lowest BCUT2D eigenvalue weighted by Gasteiger charge is -2.30. The average molecular weight is 327 g/mol. The maximum atomic E-state index is 13.0. The maximum Gasteiger partial charge on any atom is 0.308 e. The number of dihydropyridines is 1. The molecule has 0 aromatic heterocycles. The van der Waals surface area contributed by atoms with E-state index in [4.69, 9.17) is 9.47 Å². The zero-order valence-electron chi connectivity index (χ0n) is 13.6. The van der Waals surface area contributed by atoms with E-state index in [0.29, 0.717) is 17.9 Å². The Morgan fingerprint density at radius 3 is 2.67 bits per heavy atom. The number of fused-ring (bicyclic) bond motifs is 1. The highest BCUT2D eigenvalue weighted by molar-refractivity contribution is 6.28. The first-order chi connectivity index (χ1) is 11.5. The van der Waals surface area contributed by atoms with Gasteiger partial charge in [-0.2, -0.15) is 0 Å².